The molecule has 1 aliphatic rings. The fourth-order valence-electron chi connectivity index (χ4n) is 2.67. The van der Waals surface area contributed by atoms with E-state index in [0.717, 1.165) is 5.56 Å². The Kier molecular flexibility index (Phi) is 3.29. The van der Waals surface area contributed by atoms with Crippen LogP contribution in [0, 0.1) is 5.82 Å². The molecule has 3 rings (SSSR count). The van der Waals surface area contributed by atoms with E-state index in [1.54, 1.807) is 6.07 Å². The molecule has 1 aromatic carbocycles. The molecule has 1 aliphatic heterocycles. The number of anilines is 1. The van der Waals surface area contributed by atoms with Gasteiger partial charge in [-0.1, -0.05) is 17.7 Å². The van der Waals surface area contributed by atoms with Gasteiger partial charge < -0.3 is 10.8 Å². The summed E-state index contributed by atoms with van der Waals surface area (Å²) in [6, 6.07) is 3.64. The van der Waals surface area contributed by atoms with Crippen molar-refractivity contribution in [1.29, 1.82) is 0 Å². The van der Waals surface area contributed by atoms with Crippen LogP contribution in [0.2, 0.25) is 5.02 Å². The van der Waals surface area contributed by atoms with Gasteiger partial charge in [0.1, 0.15) is 11.6 Å². The molecule has 0 amide bonds. The van der Waals surface area contributed by atoms with E-state index in [1.807, 2.05) is 0 Å². The van der Waals surface area contributed by atoms with Crippen molar-refractivity contribution in [3.63, 3.8) is 0 Å². The number of nitrogens with zero attached hydrogens (tertiary/aromatic N) is 3. The maximum Gasteiger partial charge on any atom is 0.328 e. The molecule has 6 nitrogen and oxygen atoms in total. The number of aliphatic carboxylic acids is 1. The number of benzene rings is 1. The first-order valence-electron chi connectivity index (χ1n) is 6.37. The summed E-state index contributed by atoms with van der Waals surface area (Å²) >= 11 is 5.81. The minimum absolute atomic E-state index is 0.0203. The molecule has 0 bridgehead atoms. The maximum absolute atomic E-state index is 13.3. The number of fused-ring (bicyclic) bond motifs is 1. The second kappa shape index (κ2) is 5.00. The van der Waals surface area contributed by atoms with Crippen LogP contribution in [0.4, 0.5) is 10.3 Å². The Morgan fingerprint density at radius 1 is 1.48 bits per heavy atom. The van der Waals surface area contributed by atoms with Gasteiger partial charge in [0.15, 0.2) is 6.04 Å². The van der Waals surface area contributed by atoms with Gasteiger partial charge in [-0.25, -0.2) is 13.9 Å². The molecule has 0 saturated carbocycles. The zero-order valence-corrected chi connectivity index (χ0v) is 11.6. The van der Waals surface area contributed by atoms with Crippen LogP contribution in [-0.2, 0) is 4.79 Å². The molecule has 2 unspecified atom stereocenters. The lowest BCUT2D eigenvalue weighted by molar-refractivity contribution is -0.141. The number of carboxylic acid groups (broad SMARTS) is 1. The minimum atomic E-state index is -0.975. The molecule has 0 aliphatic carbocycles. The van der Waals surface area contributed by atoms with Crippen molar-refractivity contribution in [2.75, 3.05) is 5.73 Å². The highest BCUT2D eigenvalue weighted by Crippen LogP contribution is 2.38. The molecule has 110 valence electrons. The molecule has 0 saturated heterocycles. The molecule has 2 aromatic rings. The quantitative estimate of drug-likeness (QED) is 0.887. The lowest BCUT2D eigenvalue weighted by atomic mass is 9.88. The van der Waals surface area contributed by atoms with E-state index in [1.165, 1.54) is 16.8 Å². The molecule has 8 heteroatoms. The maximum atomic E-state index is 13.3. The third kappa shape index (κ3) is 2.33. The van der Waals surface area contributed by atoms with Crippen LogP contribution in [0.3, 0.4) is 0 Å². The molecule has 21 heavy (non-hydrogen) atoms. The fourth-order valence-corrected chi connectivity index (χ4v) is 2.86. The van der Waals surface area contributed by atoms with E-state index in [-0.39, 0.29) is 16.9 Å². The van der Waals surface area contributed by atoms with E-state index in [0.29, 0.717) is 18.7 Å². The van der Waals surface area contributed by atoms with Gasteiger partial charge in [0, 0.05) is 5.92 Å². The van der Waals surface area contributed by atoms with Crippen LogP contribution in [0.5, 0.6) is 0 Å². The van der Waals surface area contributed by atoms with Crippen molar-refractivity contribution >= 4 is 23.5 Å². The molecular formula is C13H12ClFN4O2. The molecule has 3 N–H and O–H groups in total. The van der Waals surface area contributed by atoms with Crippen molar-refractivity contribution < 1.29 is 14.3 Å². The minimum Gasteiger partial charge on any atom is -0.480 e. The van der Waals surface area contributed by atoms with Gasteiger partial charge >= 0.3 is 5.97 Å². The van der Waals surface area contributed by atoms with Crippen molar-refractivity contribution in [3.8, 4) is 0 Å². The van der Waals surface area contributed by atoms with Crippen LogP contribution >= 0.6 is 11.6 Å². The third-order valence-electron chi connectivity index (χ3n) is 3.64. The Morgan fingerprint density at radius 3 is 2.90 bits per heavy atom. The Balaban J connectivity index is 2.06. The van der Waals surface area contributed by atoms with Crippen LogP contribution in [0.25, 0.3) is 0 Å². The van der Waals surface area contributed by atoms with Crippen LogP contribution in [-0.4, -0.2) is 25.8 Å². The van der Waals surface area contributed by atoms with Gasteiger partial charge in [0.25, 0.3) is 0 Å². The number of carboxylic acids is 1. The van der Waals surface area contributed by atoms with Gasteiger partial charge in [0.2, 0.25) is 5.95 Å². The Hall–Kier alpha value is -2.15. The van der Waals surface area contributed by atoms with Crippen LogP contribution in [0.15, 0.2) is 18.2 Å². The molecule has 0 spiro atoms. The molecule has 2 heterocycles. The summed E-state index contributed by atoms with van der Waals surface area (Å²) in [4.78, 5) is 15.4. The summed E-state index contributed by atoms with van der Waals surface area (Å²) in [5.74, 6) is -1.19. The van der Waals surface area contributed by atoms with Crippen molar-refractivity contribution in [2.24, 2.45) is 0 Å². The summed E-state index contributed by atoms with van der Waals surface area (Å²) in [6.07, 6.45) is 0.946. The summed E-state index contributed by atoms with van der Waals surface area (Å²) in [7, 11) is 0. The fraction of sp³-hybridized carbons (Fsp3) is 0.308. The first-order chi connectivity index (χ1) is 9.97. The largest absolute Gasteiger partial charge is 0.480 e. The topological polar surface area (TPSA) is 94.0 Å². The number of hydrogen-bond acceptors (Lipinski definition) is 4. The first kappa shape index (κ1) is 13.8. The monoisotopic (exact) mass is 310 g/mol. The highest BCUT2D eigenvalue weighted by Gasteiger charge is 2.35. The average Bonchev–Trinajstić information content (AvgIpc) is 2.81. The predicted molar refractivity (Wildman–Crippen MR) is 73.6 cm³/mol. The van der Waals surface area contributed by atoms with Crippen LogP contribution in [0.1, 0.15) is 36.2 Å². The lowest BCUT2D eigenvalue weighted by Gasteiger charge is -2.27. The number of rotatable bonds is 2. The second-order valence-electron chi connectivity index (χ2n) is 4.93. The Bertz CT molecular complexity index is 718. The van der Waals surface area contributed by atoms with Crippen LogP contribution < -0.4 is 5.73 Å². The first-order valence-corrected chi connectivity index (χ1v) is 6.75. The lowest BCUT2D eigenvalue weighted by Crippen LogP contribution is -2.28. The zero-order valence-electron chi connectivity index (χ0n) is 10.8. The highest BCUT2D eigenvalue weighted by molar-refractivity contribution is 6.30. The van der Waals surface area contributed by atoms with E-state index in [9.17, 15) is 14.3 Å². The van der Waals surface area contributed by atoms with Crippen molar-refractivity contribution in [1.82, 2.24) is 14.8 Å². The number of halogens is 2. The Morgan fingerprint density at radius 2 is 2.24 bits per heavy atom. The van der Waals surface area contributed by atoms with E-state index >= 15 is 0 Å². The summed E-state index contributed by atoms with van der Waals surface area (Å²) in [5, 5.41) is 13.2. The van der Waals surface area contributed by atoms with Gasteiger partial charge in [-0.2, -0.15) is 4.98 Å². The standard InChI is InChI=1S/C13H12ClFN4O2/c14-8-5-6(1-3-9(8)15)7-2-4-10(12(20)21)19-11(7)17-13(16)18-19/h1,3,5,7,10H,2,4H2,(H2,16,18)(H,20,21). The molecular weight excluding hydrogens is 299 g/mol. The molecule has 2 atom stereocenters. The smallest absolute Gasteiger partial charge is 0.328 e. The van der Waals surface area contributed by atoms with Crippen molar-refractivity contribution in [3.05, 3.63) is 40.4 Å². The number of nitrogens with two attached hydrogens (primary N) is 1. The van der Waals surface area contributed by atoms with E-state index < -0.39 is 17.8 Å². The number of hydrogen-bond donors (Lipinski definition) is 2. The SMILES string of the molecule is Nc1nc2n(n1)C(C(=O)O)CCC2c1ccc(F)c(Cl)c1. The summed E-state index contributed by atoms with van der Waals surface area (Å²) in [5.41, 5.74) is 6.36. The molecule has 0 fully saturated rings. The number of aromatic nitrogens is 3. The van der Waals surface area contributed by atoms with E-state index in [4.69, 9.17) is 17.3 Å². The van der Waals surface area contributed by atoms with Gasteiger partial charge in [-0.15, -0.1) is 5.10 Å². The predicted octanol–water partition coefficient (Wildman–Crippen LogP) is 2.20. The normalized spacial score (nSPS) is 21.0. The van der Waals surface area contributed by atoms with Gasteiger partial charge in [-0.05, 0) is 30.5 Å². The average molecular weight is 311 g/mol. The van der Waals surface area contributed by atoms with E-state index in [2.05, 4.69) is 10.1 Å². The highest BCUT2D eigenvalue weighted by atomic mass is 35.5. The second-order valence-corrected chi connectivity index (χ2v) is 5.34. The number of nitrogen functional groups attached to an aromatic ring is 1. The van der Waals surface area contributed by atoms with Gasteiger partial charge in [-0.3, -0.25) is 0 Å². The summed E-state index contributed by atoms with van der Waals surface area (Å²) < 4.78 is 14.6. The van der Waals surface area contributed by atoms with Crippen molar-refractivity contribution in [2.45, 2.75) is 24.8 Å². The Labute approximate surface area is 124 Å². The molecule has 1 aromatic heterocycles. The molecule has 0 radical (unpaired) electrons. The third-order valence-corrected chi connectivity index (χ3v) is 3.93. The number of carbonyl (C=O) groups is 1. The van der Waals surface area contributed by atoms with Gasteiger partial charge in [0.05, 0.1) is 5.02 Å². The summed E-state index contributed by atoms with van der Waals surface area (Å²) in [6.45, 7) is 0. The zero-order chi connectivity index (χ0) is 15.1.